The number of likely N-dealkylation sites (N-methyl/N-ethyl adjacent to an activating group) is 1. The second-order valence-electron chi connectivity index (χ2n) is 5.29. The molecule has 0 bridgehead atoms. The van der Waals surface area contributed by atoms with Crippen LogP contribution in [-0.4, -0.2) is 55.6 Å². The van der Waals surface area contributed by atoms with Gasteiger partial charge in [0.05, 0.1) is 12.7 Å². The molecule has 1 amide bonds. The van der Waals surface area contributed by atoms with Crippen LogP contribution in [0.25, 0.3) is 0 Å². The third-order valence-electron chi connectivity index (χ3n) is 3.51. The molecule has 100 valence electrons. The minimum absolute atomic E-state index is 0.00234. The fraction of sp³-hybridized carbons (Fsp3) is 0.923. The van der Waals surface area contributed by atoms with Crippen molar-refractivity contribution in [2.75, 3.05) is 33.9 Å². The van der Waals surface area contributed by atoms with E-state index < -0.39 is 0 Å². The average Bonchev–Trinajstić information content (AvgIpc) is 2.42. The topological polar surface area (TPSA) is 35.6 Å². The van der Waals surface area contributed by atoms with E-state index in [-0.39, 0.29) is 11.9 Å². The Balaban J connectivity index is 2.60. The van der Waals surface area contributed by atoms with Gasteiger partial charge in [0.2, 0.25) is 5.91 Å². The summed E-state index contributed by atoms with van der Waals surface area (Å²) in [5, 5.41) is 3.15. The molecule has 1 fully saturated rings. The maximum Gasteiger partial charge on any atom is 0.240 e. The van der Waals surface area contributed by atoms with Crippen LogP contribution < -0.4 is 5.32 Å². The molecule has 2 atom stereocenters. The second kappa shape index (κ2) is 6.97. The molecule has 4 nitrogen and oxygen atoms in total. The average molecular weight is 241 g/mol. The molecule has 4 heteroatoms. The molecule has 0 aliphatic carbocycles. The molecule has 0 saturated carbocycles. The molecule has 2 unspecified atom stereocenters. The maximum atomic E-state index is 12.3. The van der Waals surface area contributed by atoms with Crippen molar-refractivity contribution in [1.29, 1.82) is 0 Å². The first-order valence-electron chi connectivity index (χ1n) is 6.73. The van der Waals surface area contributed by atoms with Crippen LogP contribution in [0.4, 0.5) is 0 Å². The van der Waals surface area contributed by atoms with Crippen molar-refractivity contribution in [3.8, 4) is 0 Å². The van der Waals surface area contributed by atoms with Crippen molar-refractivity contribution in [1.82, 2.24) is 15.1 Å². The molecule has 1 aliphatic heterocycles. The molecule has 0 radical (unpaired) electrons. The molecule has 1 N–H and O–H groups in total. The minimum Gasteiger partial charge on any atom is -0.328 e. The number of rotatable bonds is 5. The van der Waals surface area contributed by atoms with E-state index in [9.17, 15) is 4.79 Å². The quantitative estimate of drug-likeness (QED) is 0.784. The van der Waals surface area contributed by atoms with E-state index in [0.717, 1.165) is 39.0 Å². The Labute approximate surface area is 105 Å². The molecule has 0 spiro atoms. The Morgan fingerprint density at radius 1 is 1.53 bits per heavy atom. The molecule has 0 aromatic rings. The minimum atomic E-state index is 0.00234. The van der Waals surface area contributed by atoms with Crippen LogP contribution in [-0.2, 0) is 4.79 Å². The van der Waals surface area contributed by atoms with Crippen molar-refractivity contribution in [2.24, 2.45) is 5.92 Å². The maximum absolute atomic E-state index is 12.3. The van der Waals surface area contributed by atoms with Crippen LogP contribution in [0, 0.1) is 5.92 Å². The normalized spacial score (nSPS) is 26.4. The fourth-order valence-electron chi connectivity index (χ4n) is 2.45. The standard InChI is InChI=1S/C13H27N3O/c1-5-7-15(4)10-16-8-6-11(2)9-12(14-3)13(16)17/h11-12,14H,5-10H2,1-4H3. The Hall–Kier alpha value is -0.610. The van der Waals surface area contributed by atoms with Gasteiger partial charge in [-0.2, -0.15) is 0 Å². The van der Waals surface area contributed by atoms with E-state index >= 15 is 0 Å². The summed E-state index contributed by atoms with van der Waals surface area (Å²) in [5.74, 6) is 0.887. The molecule has 1 rings (SSSR count). The molecule has 17 heavy (non-hydrogen) atoms. The number of hydrogen-bond acceptors (Lipinski definition) is 3. The zero-order chi connectivity index (χ0) is 12.8. The van der Waals surface area contributed by atoms with Crippen LogP contribution in [0.5, 0.6) is 0 Å². The third kappa shape index (κ3) is 4.28. The Bertz CT molecular complexity index is 245. The van der Waals surface area contributed by atoms with E-state index in [0.29, 0.717) is 5.92 Å². The summed E-state index contributed by atoms with van der Waals surface area (Å²) >= 11 is 0. The molecular formula is C13H27N3O. The van der Waals surface area contributed by atoms with E-state index in [4.69, 9.17) is 0 Å². The summed E-state index contributed by atoms with van der Waals surface area (Å²) in [6.07, 6.45) is 3.21. The fourth-order valence-corrected chi connectivity index (χ4v) is 2.45. The van der Waals surface area contributed by atoms with Gasteiger partial charge < -0.3 is 10.2 Å². The summed E-state index contributed by atoms with van der Waals surface area (Å²) in [4.78, 5) is 16.5. The number of amides is 1. The largest absolute Gasteiger partial charge is 0.328 e. The number of nitrogens with zero attached hydrogens (tertiary/aromatic N) is 2. The Morgan fingerprint density at radius 2 is 2.24 bits per heavy atom. The van der Waals surface area contributed by atoms with Crippen molar-refractivity contribution >= 4 is 5.91 Å². The van der Waals surface area contributed by atoms with Gasteiger partial charge in [0.15, 0.2) is 0 Å². The highest BCUT2D eigenvalue weighted by molar-refractivity contribution is 5.82. The summed E-state index contributed by atoms with van der Waals surface area (Å²) in [6.45, 7) is 7.10. The first-order valence-corrected chi connectivity index (χ1v) is 6.73. The van der Waals surface area contributed by atoms with E-state index in [2.05, 4.69) is 31.1 Å². The van der Waals surface area contributed by atoms with Crippen molar-refractivity contribution < 1.29 is 4.79 Å². The first kappa shape index (κ1) is 14.5. The van der Waals surface area contributed by atoms with Crippen LogP contribution in [0.3, 0.4) is 0 Å². The van der Waals surface area contributed by atoms with Gasteiger partial charge in [0.25, 0.3) is 0 Å². The molecule has 1 aliphatic rings. The predicted octanol–water partition coefficient (Wildman–Crippen LogP) is 1.13. The van der Waals surface area contributed by atoms with Crippen LogP contribution >= 0.6 is 0 Å². The highest BCUT2D eigenvalue weighted by Gasteiger charge is 2.28. The first-order chi connectivity index (χ1) is 8.08. The van der Waals surface area contributed by atoms with Gasteiger partial charge in [0.1, 0.15) is 0 Å². The lowest BCUT2D eigenvalue weighted by Crippen LogP contribution is -2.47. The summed E-state index contributed by atoms with van der Waals surface area (Å²) in [7, 11) is 3.97. The summed E-state index contributed by atoms with van der Waals surface area (Å²) in [5.41, 5.74) is 0. The van der Waals surface area contributed by atoms with Crippen LogP contribution in [0.15, 0.2) is 0 Å². The predicted molar refractivity (Wildman–Crippen MR) is 70.7 cm³/mol. The van der Waals surface area contributed by atoms with Gasteiger partial charge in [-0.1, -0.05) is 13.8 Å². The Kier molecular flexibility index (Phi) is 5.92. The number of carbonyl (C=O) groups is 1. The number of likely N-dealkylation sites (tertiary alicyclic amines) is 1. The molecule has 0 aromatic carbocycles. The number of nitrogens with one attached hydrogen (secondary N) is 1. The monoisotopic (exact) mass is 241 g/mol. The summed E-state index contributed by atoms with van der Waals surface area (Å²) in [6, 6.07) is 0.00234. The van der Waals surface area contributed by atoms with Gasteiger partial charge in [-0.05, 0) is 45.8 Å². The SMILES string of the molecule is CCCN(C)CN1CCC(C)CC(NC)C1=O. The third-order valence-corrected chi connectivity index (χ3v) is 3.51. The van der Waals surface area contributed by atoms with E-state index in [1.54, 1.807) is 0 Å². The van der Waals surface area contributed by atoms with Crippen molar-refractivity contribution in [3.63, 3.8) is 0 Å². The smallest absolute Gasteiger partial charge is 0.240 e. The van der Waals surface area contributed by atoms with E-state index in [1.165, 1.54) is 0 Å². The lowest BCUT2D eigenvalue weighted by molar-refractivity contribution is -0.134. The number of carbonyl (C=O) groups excluding carboxylic acids is 1. The highest BCUT2D eigenvalue weighted by atomic mass is 16.2. The molecule has 0 aromatic heterocycles. The van der Waals surface area contributed by atoms with Crippen LogP contribution in [0.2, 0.25) is 0 Å². The molecular weight excluding hydrogens is 214 g/mol. The van der Waals surface area contributed by atoms with E-state index in [1.807, 2.05) is 11.9 Å². The second-order valence-corrected chi connectivity index (χ2v) is 5.29. The molecule has 1 saturated heterocycles. The van der Waals surface area contributed by atoms with Gasteiger partial charge >= 0.3 is 0 Å². The zero-order valence-corrected chi connectivity index (χ0v) is 11.7. The van der Waals surface area contributed by atoms with Gasteiger partial charge in [-0.15, -0.1) is 0 Å². The van der Waals surface area contributed by atoms with Gasteiger partial charge in [0, 0.05) is 6.54 Å². The zero-order valence-electron chi connectivity index (χ0n) is 11.7. The Morgan fingerprint density at radius 3 is 2.82 bits per heavy atom. The van der Waals surface area contributed by atoms with Crippen LogP contribution in [0.1, 0.15) is 33.1 Å². The lowest BCUT2D eigenvalue weighted by atomic mass is 10.0. The van der Waals surface area contributed by atoms with Gasteiger partial charge in [-0.3, -0.25) is 9.69 Å². The number of hydrogen-bond donors (Lipinski definition) is 1. The highest BCUT2D eigenvalue weighted by Crippen LogP contribution is 2.18. The van der Waals surface area contributed by atoms with Gasteiger partial charge in [-0.25, -0.2) is 0 Å². The van der Waals surface area contributed by atoms with Crippen molar-refractivity contribution in [2.45, 2.75) is 39.2 Å². The molecule has 1 heterocycles. The summed E-state index contributed by atoms with van der Waals surface area (Å²) < 4.78 is 0. The van der Waals surface area contributed by atoms with Crippen molar-refractivity contribution in [3.05, 3.63) is 0 Å². The lowest BCUT2D eigenvalue weighted by Gasteiger charge is -2.28.